The molecular weight excluding hydrogens is 122 g/mol. The number of allylic oxidation sites excluding steroid dienone is 2. The van der Waals surface area contributed by atoms with E-state index in [2.05, 4.69) is 26.0 Å². The summed E-state index contributed by atoms with van der Waals surface area (Å²) in [6.07, 6.45) is 2.07. The number of hydrogen-bond acceptors (Lipinski definition) is 1. The van der Waals surface area contributed by atoms with E-state index in [1.54, 1.807) is 0 Å². The van der Waals surface area contributed by atoms with Gasteiger partial charge in [0.25, 0.3) is 0 Å². The minimum absolute atomic E-state index is 0.135. The smallest absolute Gasteiger partial charge is 0.0659 e. The van der Waals surface area contributed by atoms with E-state index in [1.165, 1.54) is 5.57 Å². The third-order valence-corrected chi connectivity index (χ3v) is 2.13. The van der Waals surface area contributed by atoms with Gasteiger partial charge in [0.2, 0.25) is 0 Å². The molecule has 0 aromatic carbocycles. The summed E-state index contributed by atoms with van der Waals surface area (Å²) in [5.41, 5.74) is 1.30. The highest BCUT2D eigenvalue weighted by molar-refractivity contribution is 5.05. The van der Waals surface area contributed by atoms with Gasteiger partial charge < -0.3 is 0 Å². The Morgan fingerprint density at radius 2 is 2.00 bits per heavy atom. The molecule has 0 N–H and O–H groups in total. The molecular formula is C9H15N. The van der Waals surface area contributed by atoms with Crippen molar-refractivity contribution in [3.05, 3.63) is 11.6 Å². The average Bonchev–Trinajstić information content (AvgIpc) is 2.00. The van der Waals surface area contributed by atoms with Gasteiger partial charge in [0, 0.05) is 5.92 Å². The predicted octanol–water partition coefficient (Wildman–Crippen LogP) is 2.75. The Balaban J connectivity index is 4.11. The van der Waals surface area contributed by atoms with Crippen LogP contribution in [0.4, 0.5) is 0 Å². The van der Waals surface area contributed by atoms with Crippen LogP contribution >= 0.6 is 0 Å². The van der Waals surface area contributed by atoms with E-state index < -0.39 is 0 Å². The molecule has 0 amide bonds. The van der Waals surface area contributed by atoms with Crippen LogP contribution < -0.4 is 0 Å². The highest BCUT2D eigenvalue weighted by atomic mass is 14.3. The highest BCUT2D eigenvalue weighted by Crippen LogP contribution is 2.18. The molecule has 0 aliphatic heterocycles. The predicted molar refractivity (Wildman–Crippen MR) is 43.4 cm³/mol. The van der Waals surface area contributed by atoms with Crippen molar-refractivity contribution >= 4 is 0 Å². The summed E-state index contributed by atoms with van der Waals surface area (Å²) in [5, 5.41) is 8.57. The van der Waals surface area contributed by atoms with Crippen LogP contribution in [0.2, 0.25) is 0 Å². The van der Waals surface area contributed by atoms with Crippen molar-refractivity contribution in [2.45, 2.75) is 27.7 Å². The van der Waals surface area contributed by atoms with E-state index in [9.17, 15) is 0 Å². The molecule has 1 heteroatoms. The lowest BCUT2D eigenvalue weighted by atomic mass is 9.91. The Bertz CT molecular complexity index is 162. The molecule has 0 aromatic heterocycles. The van der Waals surface area contributed by atoms with Crippen LogP contribution in [0.5, 0.6) is 0 Å². The number of hydrogen-bond donors (Lipinski definition) is 0. The molecule has 0 aromatic rings. The fourth-order valence-electron chi connectivity index (χ4n) is 0.769. The summed E-state index contributed by atoms with van der Waals surface area (Å²) in [7, 11) is 0. The first kappa shape index (κ1) is 9.23. The Hall–Kier alpha value is -0.770. The standard InChI is InChI=1S/C9H15N/c1-5-7(2)9(4)8(3)6-10/h5,8-9H,1-4H3/b7-5+/t8-,9+/m1/s1. The van der Waals surface area contributed by atoms with Crippen molar-refractivity contribution < 1.29 is 0 Å². The quantitative estimate of drug-likeness (QED) is 0.537. The van der Waals surface area contributed by atoms with Gasteiger partial charge in [-0.25, -0.2) is 0 Å². The van der Waals surface area contributed by atoms with E-state index in [0.29, 0.717) is 5.92 Å². The van der Waals surface area contributed by atoms with Crippen LogP contribution in [0.1, 0.15) is 27.7 Å². The summed E-state index contributed by atoms with van der Waals surface area (Å²) in [6, 6.07) is 2.24. The van der Waals surface area contributed by atoms with Crippen LogP contribution in [-0.4, -0.2) is 0 Å². The second-order valence-corrected chi connectivity index (χ2v) is 2.74. The fraction of sp³-hybridized carbons (Fsp3) is 0.667. The maximum absolute atomic E-state index is 8.57. The molecule has 0 saturated heterocycles. The molecule has 10 heavy (non-hydrogen) atoms. The molecule has 2 atom stereocenters. The first-order valence-corrected chi connectivity index (χ1v) is 3.66. The fourth-order valence-corrected chi connectivity index (χ4v) is 0.769. The molecule has 0 fully saturated rings. The molecule has 0 saturated carbocycles. The molecule has 0 unspecified atom stereocenters. The van der Waals surface area contributed by atoms with Crippen LogP contribution in [-0.2, 0) is 0 Å². The Morgan fingerprint density at radius 3 is 2.30 bits per heavy atom. The lowest BCUT2D eigenvalue weighted by Gasteiger charge is -2.12. The number of nitriles is 1. The summed E-state index contributed by atoms with van der Waals surface area (Å²) in [5.74, 6) is 0.534. The number of nitrogens with zero attached hydrogens (tertiary/aromatic N) is 1. The van der Waals surface area contributed by atoms with Gasteiger partial charge in [0.15, 0.2) is 0 Å². The highest BCUT2D eigenvalue weighted by Gasteiger charge is 2.11. The lowest BCUT2D eigenvalue weighted by molar-refractivity contribution is 0.539. The molecule has 0 rings (SSSR count). The summed E-state index contributed by atoms with van der Waals surface area (Å²) in [6.45, 7) is 8.12. The molecule has 1 nitrogen and oxygen atoms in total. The normalized spacial score (nSPS) is 17.7. The van der Waals surface area contributed by atoms with Gasteiger partial charge in [0.05, 0.1) is 6.07 Å². The van der Waals surface area contributed by atoms with Crippen molar-refractivity contribution in [1.29, 1.82) is 5.26 Å². The van der Waals surface area contributed by atoms with Crippen molar-refractivity contribution in [1.82, 2.24) is 0 Å². The van der Waals surface area contributed by atoms with Crippen molar-refractivity contribution in [2.75, 3.05) is 0 Å². The monoisotopic (exact) mass is 137 g/mol. The molecule has 0 heterocycles. The van der Waals surface area contributed by atoms with E-state index in [0.717, 1.165) is 0 Å². The van der Waals surface area contributed by atoms with Gasteiger partial charge in [-0.3, -0.25) is 0 Å². The van der Waals surface area contributed by atoms with Gasteiger partial charge in [-0.2, -0.15) is 5.26 Å². The topological polar surface area (TPSA) is 23.8 Å². The van der Waals surface area contributed by atoms with Gasteiger partial charge in [-0.15, -0.1) is 0 Å². The number of rotatable bonds is 2. The maximum Gasteiger partial charge on any atom is 0.0659 e. The van der Waals surface area contributed by atoms with Crippen LogP contribution in [0.3, 0.4) is 0 Å². The van der Waals surface area contributed by atoms with Gasteiger partial charge >= 0.3 is 0 Å². The third-order valence-electron chi connectivity index (χ3n) is 2.13. The summed E-state index contributed by atoms with van der Waals surface area (Å²) >= 11 is 0. The third kappa shape index (κ3) is 2.23. The van der Waals surface area contributed by atoms with Crippen molar-refractivity contribution in [3.63, 3.8) is 0 Å². The minimum atomic E-state index is 0.135. The first-order chi connectivity index (χ1) is 4.63. The molecule has 0 radical (unpaired) electrons. The Morgan fingerprint density at radius 1 is 1.50 bits per heavy atom. The van der Waals surface area contributed by atoms with Crippen LogP contribution in [0.15, 0.2) is 11.6 Å². The first-order valence-electron chi connectivity index (χ1n) is 3.66. The van der Waals surface area contributed by atoms with Gasteiger partial charge in [-0.05, 0) is 26.7 Å². The van der Waals surface area contributed by atoms with Gasteiger partial charge in [-0.1, -0.05) is 18.6 Å². The summed E-state index contributed by atoms with van der Waals surface area (Å²) < 4.78 is 0. The molecule has 56 valence electrons. The zero-order valence-electron chi connectivity index (χ0n) is 7.18. The lowest BCUT2D eigenvalue weighted by Crippen LogP contribution is -2.06. The molecule has 0 aliphatic rings. The van der Waals surface area contributed by atoms with Crippen LogP contribution in [0.25, 0.3) is 0 Å². The second kappa shape index (κ2) is 4.11. The molecule has 0 bridgehead atoms. The molecule has 0 aliphatic carbocycles. The maximum atomic E-state index is 8.57. The van der Waals surface area contributed by atoms with E-state index in [-0.39, 0.29) is 5.92 Å². The zero-order chi connectivity index (χ0) is 8.15. The van der Waals surface area contributed by atoms with Crippen LogP contribution in [0, 0.1) is 23.2 Å². The zero-order valence-corrected chi connectivity index (χ0v) is 7.18. The summed E-state index contributed by atoms with van der Waals surface area (Å²) in [4.78, 5) is 0. The van der Waals surface area contributed by atoms with E-state index >= 15 is 0 Å². The minimum Gasteiger partial charge on any atom is -0.198 e. The van der Waals surface area contributed by atoms with Crippen molar-refractivity contribution in [2.24, 2.45) is 11.8 Å². The van der Waals surface area contributed by atoms with Crippen molar-refractivity contribution in [3.8, 4) is 6.07 Å². The SMILES string of the molecule is C/C=C(\C)[C@H](C)[C@H](C)C#N. The van der Waals surface area contributed by atoms with E-state index in [1.807, 2.05) is 13.8 Å². The van der Waals surface area contributed by atoms with E-state index in [4.69, 9.17) is 5.26 Å². The largest absolute Gasteiger partial charge is 0.198 e. The average molecular weight is 137 g/mol. The Labute approximate surface area is 63.4 Å². The second-order valence-electron chi connectivity index (χ2n) is 2.74. The molecule has 0 spiro atoms. The van der Waals surface area contributed by atoms with Gasteiger partial charge in [0.1, 0.15) is 0 Å². The Kier molecular flexibility index (Phi) is 3.79.